The van der Waals surface area contributed by atoms with Gasteiger partial charge in [0.15, 0.2) is 5.65 Å². The standard InChI is InChI=1S/C22H25ClN4O/c1-28-19-5-3-2-4-17(19)16-8-11-26(12-9-16)18-10-13-27-20(14-15-6-7-15)24-25-22(27)21(18)23/h2-5,10,13,15-16H,6-9,11-12,14H2,1H3. The number of halogens is 1. The van der Waals surface area contributed by atoms with Crippen LogP contribution in [0, 0.1) is 5.92 Å². The summed E-state index contributed by atoms with van der Waals surface area (Å²) >= 11 is 6.76. The van der Waals surface area contributed by atoms with Gasteiger partial charge in [0.25, 0.3) is 0 Å². The predicted octanol–water partition coefficient (Wildman–Crippen LogP) is 4.73. The first kappa shape index (κ1) is 17.8. The zero-order valence-corrected chi connectivity index (χ0v) is 16.9. The highest BCUT2D eigenvalue weighted by molar-refractivity contribution is 6.36. The number of rotatable bonds is 5. The summed E-state index contributed by atoms with van der Waals surface area (Å²) in [5.74, 6) is 3.32. The average Bonchev–Trinajstić information content (AvgIpc) is 3.47. The molecule has 28 heavy (non-hydrogen) atoms. The Balaban J connectivity index is 1.34. The lowest BCUT2D eigenvalue weighted by Crippen LogP contribution is -2.33. The lowest BCUT2D eigenvalue weighted by Gasteiger charge is -2.34. The Kier molecular flexibility index (Phi) is 4.63. The van der Waals surface area contributed by atoms with Gasteiger partial charge in [-0.05, 0) is 55.2 Å². The molecule has 146 valence electrons. The summed E-state index contributed by atoms with van der Waals surface area (Å²) in [5.41, 5.74) is 3.16. The number of hydrogen-bond donors (Lipinski definition) is 0. The zero-order valence-electron chi connectivity index (χ0n) is 16.1. The summed E-state index contributed by atoms with van der Waals surface area (Å²) in [6.07, 6.45) is 7.87. The zero-order chi connectivity index (χ0) is 19.1. The SMILES string of the molecule is COc1ccccc1C1CCN(c2ccn3c(CC4CC4)nnc3c2Cl)CC1. The van der Waals surface area contributed by atoms with Crippen LogP contribution < -0.4 is 9.64 Å². The normalized spacial score (nSPS) is 18.0. The Morgan fingerprint density at radius 3 is 2.61 bits per heavy atom. The molecule has 5 nitrogen and oxygen atoms in total. The van der Waals surface area contributed by atoms with Gasteiger partial charge in [0.05, 0.1) is 12.8 Å². The van der Waals surface area contributed by atoms with Crippen molar-refractivity contribution in [3.8, 4) is 5.75 Å². The molecular weight excluding hydrogens is 372 g/mol. The Hall–Kier alpha value is -2.27. The maximum atomic E-state index is 6.76. The van der Waals surface area contributed by atoms with Crippen LogP contribution in [0.5, 0.6) is 5.75 Å². The molecule has 1 aliphatic carbocycles. The van der Waals surface area contributed by atoms with E-state index in [-0.39, 0.29) is 0 Å². The molecule has 2 aliphatic rings. The van der Waals surface area contributed by atoms with Crippen LogP contribution in [0.15, 0.2) is 36.5 Å². The van der Waals surface area contributed by atoms with Gasteiger partial charge in [-0.2, -0.15) is 0 Å². The molecule has 2 aromatic heterocycles. The lowest BCUT2D eigenvalue weighted by molar-refractivity contribution is 0.397. The number of para-hydroxylation sites is 1. The van der Waals surface area contributed by atoms with E-state index in [9.17, 15) is 0 Å². The van der Waals surface area contributed by atoms with Crippen molar-refractivity contribution in [3.63, 3.8) is 0 Å². The number of fused-ring (bicyclic) bond motifs is 1. The molecule has 0 unspecified atom stereocenters. The van der Waals surface area contributed by atoms with Gasteiger partial charge in [-0.25, -0.2) is 0 Å². The van der Waals surface area contributed by atoms with Gasteiger partial charge in [0.1, 0.15) is 16.6 Å². The van der Waals surface area contributed by atoms with Crippen molar-refractivity contribution in [3.05, 3.63) is 52.9 Å². The minimum absolute atomic E-state index is 0.521. The fourth-order valence-corrected chi connectivity index (χ4v) is 4.67. The number of pyridine rings is 1. The van der Waals surface area contributed by atoms with E-state index in [0.29, 0.717) is 10.9 Å². The lowest BCUT2D eigenvalue weighted by atomic mass is 9.88. The summed E-state index contributed by atoms with van der Waals surface area (Å²) < 4.78 is 7.62. The summed E-state index contributed by atoms with van der Waals surface area (Å²) in [5, 5.41) is 9.48. The monoisotopic (exact) mass is 396 g/mol. The highest BCUT2D eigenvalue weighted by Crippen LogP contribution is 2.38. The molecule has 3 heterocycles. The molecule has 0 bridgehead atoms. The van der Waals surface area contributed by atoms with Gasteiger partial charge in [0, 0.05) is 25.7 Å². The molecule has 1 saturated carbocycles. The quantitative estimate of drug-likeness (QED) is 0.625. The fourth-order valence-electron chi connectivity index (χ4n) is 4.36. The first-order valence-corrected chi connectivity index (χ1v) is 10.5. The van der Waals surface area contributed by atoms with Gasteiger partial charge in [-0.15, -0.1) is 10.2 Å². The van der Waals surface area contributed by atoms with E-state index >= 15 is 0 Å². The third-order valence-electron chi connectivity index (χ3n) is 6.15. The predicted molar refractivity (Wildman–Crippen MR) is 112 cm³/mol. The van der Waals surface area contributed by atoms with Gasteiger partial charge in [-0.3, -0.25) is 4.40 Å². The van der Waals surface area contributed by atoms with Crippen LogP contribution in [-0.4, -0.2) is 34.8 Å². The van der Waals surface area contributed by atoms with Crippen molar-refractivity contribution in [2.75, 3.05) is 25.1 Å². The van der Waals surface area contributed by atoms with Gasteiger partial charge < -0.3 is 9.64 Å². The molecule has 0 spiro atoms. The number of methoxy groups -OCH3 is 1. The summed E-state index contributed by atoms with van der Waals surface area (Å²) in [7, 11) is 1.75. The summed E-state index contributed by atoms with van der Waals surface area (Å²) in [6.45, 7) is 1.95. The number of hydrogen-bond acceptors (Lipinski definition) is 4. The minimum atomic E-state index is 0.521. The van der Waals surface area contributed by atoms with E-state index in [0.717, 1.165) is 61.2 Å². The highest BCUT2D eigenvalue weighted by atomic mass is 35.5. The van der Waals surface area contributed by atoms with Crippen LogP contribution in [0.3, 0.4) is 0 Å². The first-order valence-electron chi connectivity index (χ1n) is 10.1. The second-order valence-corrected chi connectivity index (χ2v) is 8.35. The van der Waals surface area contributed by atoms with E-state index in [2.05, 4.69) is 50.0 Å². The topological polar surface area (TPSA) is 42.7 Å². The molecule has 0 radical (unpaired) electrons. The van der Waals surface area contributed by atoms with Crippen LogP contribution >= 0.6 is 11.6 Å². The number of nitrogens with zero attached hydrogens (tertiary/aromatic N) is 4. The molecule has 1 aliphatic heterocycles. The van der Waals surface area contributed by atoms with E-state index in [4.69, 9.17) is 16.3 Å². The molecule has 0 amide bonds. The first-order chi connectivity index (χ1) is 13.7. The summed E-state index contributed by atoms with van der Waals surface area (Å²) in [6, 6.07) is 10.5. The van der Waals surface area contributed by atoms with E-state index in [1.54, 1.807) is 7.11 Å². The van der Waals surface area contributed by atoms with E-state index in [1.165, 1.54) is 18.4 Å². The molecule has 0 N–H and O–H groups in total. The highest BCUT2D eigenvalue weighted by Gasteiger charge is 2.27. The fraction of sp³-hybridized carbons (Fsp3) is 0.455. The minimum Gasteiger partial charge on any atom is -0.496 e. The van der Waals surface area contributed by atoms with Crippen molar-refractivity contribution in [1.82, 2.24) is 14.6 Å². The molecule has 3 aromatic rings. The van der Waals surface area contributed by atoms with E-state index in [1.807, 2.05) is 6.07 Å². The van der Waals surface area contributed by atoms with Gasteiger partial charge in [-0.1, -0.05) is 29.8 Å². The maximum absolute atomic E-state index is 6.76. The molecule has 2 fully saturated rings. The van der Waals surface area contributed by atoms with Crippen LogP contribution in [0.2, 0.25) is 5.02 Å². The van der Waals surface area contributed by atoms with Crippen LogP contribution in [0.4, 0.5) is 5.69 Å². The number of aromatic nitrogens is 3. The summed E-state index contributed by atoms with van der Waals surface area (Å²) in [4.78, 5) is 2.38. The number of piperidine rings is 1. The Bertz CT molecular complexity index is 989. The molecule has 1 saturated heterocycles. The molecule has 5 rings (SSSR count). The largest absolute Gasteiger partial charge is 0.496 e. The number of benzene rings is 1. The molecule has 1 aromatic carbocycles. The van der Waals surface area contributed by atoms with Crippen molar-refractivity contribution in [2.24, 2.45) is 5.92 Å². The van der Waals surface area contributed by atoms with Crippen LogP contribution in [0.25, 0.3) is 5.65 Å². The van der Waals surface area contributed by atoms with Crippen LogP contribution in [0.1, 0.15) is 43.0 Å². The number of ether oxygens (including phenoxy) is 1. The third kappa shape index (κ3) is 3.22. The Labute approximate surface area is 170 Å². The number of anilines is 1. The molecule has 6 heteroatoms. The second-order valence-electron chi connectivity index (χ2n) is 7.98. The Morgan fingerprint density at radius 2 is 1.86 bits per heavy atom. The van der Waals surface area contributed by atoms with Crippen molar-refractivity contribution in [1.29, 1.82) is 0 Å². The third-order valence-corrected chi connectivity index (χ3v) is 6.51. The van der Waals surface area contributed by atoms with E-state index < -0.39 is 0 Å². The maximum Gasteiger partial charge on any atom is 0.181 e. The van der Waals surface area contributed by atoms with Crippen molar-refractivity contribution in [2.45, 2.75) is 38.0 Å². The smallest absolute Gasteiger partial charge is 0.181 e. The Morgan fingerprint density at radius 1 is 1.07 bits per heavy atom. The second kappa shape index (κ2) is 7.28. The molecule has 0 atom stereocenters. The van der Waals surface area contributed by atoms with Crippen molar-refractivity contribution < 1.29 is 4.74 Å². The van der Waals surface area contributed by atoms with Crippen LogP contribution in [-0.2, 0) is 6.42 Å². The van der Waals surface area contributed by atoms with Crippen molar-refractivity contribution >= 4 is 22.9 Å². The van der Waals surface area contributed by atoms with Gasteiger partial charge >= 0.3 is 0 Å². The van der Waals surface area contributed by atoms with Gasteiger partial charge in [0.2, 0.25) is 0 Å². The molecular formula is C22H25ClN4O. The average molecular weight is 397 g/mol.